The lowest BCUT2D eigenvalue weighted by atomic mass is 9.98. The van der Waals surface area contributed by atoms with Gasteiger partial charge in [-0.25, -0.2) is 4.39 Å². The average molecular weight is 234 g/mol. The maximum Gasteiger partial charge on any atom is 0.140 e. The molecule has 0 fully saturated rings. The van der Waals surface area contributed by atoms with Gasteiger partial charge in [0.15, 0.2) is 0 Å². The van der Waals surface area contributed by atoms with Crippen LogP contribution in [0.25, 0.3) is 0 Å². The average Bonchev–Trinajstić information content (AvgIpc) is 2.31. The van der Waals surface area contributed by atoms with Crippen molar-refractivity contribution < 1.29 is 4.39 Å². The number of hydrogen-bond donors (Lipinski definition) is 1. The minimum atomic E-state index is -0.452. The quantitative estimate of drug-likeness (QED) is 0.849. The third-order valence-corrected chi connectivity index (χ3v) is 3.08. The molecular formula is C14H19FN2. The van der Waals surface area contributed by atoms with Gasteiger partial charge in [-0.2, -0.15) is 5.26 Å². The molecule has 0 aromatic heterocycles. The Labute approximate surface area is 102 Å². The first-order chi connectivity index (χ1) is 8.04. The third kappa shape index (κ3) is 4.16. The van der Waals surface area contributed by atoms with Crippen LogP contribution in [0.5, 0.6) is 0 Å². The minimum Gasteiger partial charge on any atom is -0.312 e. The molecule has 2 nitrogen and oxygen atoms in total. The molecule has 0 bridgehead atoms. The molecule has 0 amide bonds. The molecule has 0 aliphatic heterocycles. The monoisotopic (exact) mass is 234 g/mol. The second-order valence-corrected chi connectivity index (χ2v) is 4.78. The van der Waals surface area contributed by atoms with Crippen LogP contribution in [-0.4, -0.2) is 6.54 Å². The maximum atomic E-state index is 13.1. The predicted molar refractivity (Wildman–Crippen MR) is 66.8 cm³/mol. The van der Waals surface area contributed by atoms with E-state index in [1.165, 1.54) is 6.07 Å². The Hall–Kier alpha value is -1.40. The fraction of sp³-hybridized carbons (Fsp3) is 0.500. The highest BCUT2D eigenvalue weighted by Crippen LogP contribution is 2.11. The van der Waals surface area contributed by atoms with E-state index in [0.717, 1.165) is 12.1 Å². The summed E-state index contributed by atoms with van der Waals surface area (Å²) < 4.78 is 13.1. The first-order valence-corrected chi connectivity index (χ1v) is 5.93. The highest BCUT2D eigenvalue weighted by molar-refractivity contribution is 5.34. The van der Waals surface area contributed by atoms with Gasteiger partial charge in [0.1, 0.15) is 11.9 Å². The molecule has 3 heteroatoms. The number of halogens is 1. The van der Waals surface area contributed by atoms with E-state index in [1.54, 1.807) is 12.1 Å². The zero-order valence-corrected chi connectivity index (χ0v) is 10.6. The lowest BCUT2D eigenvalue weighted by molar-refractivity contribution is 0.392. The van der Waals surface area contributed by atoms with Gasteiger partial charge in [-0.15, -0.1) is 0 Å². The van der Waals surface area contributed by atoms with Crippen molar-refractivity contribution in [3.63, 3.8) is 0 Å². The van der Waals surface area contributed by atoms with Gasteiger partial charge in [0, 0.05) is 6.54 Å². The fourth-order valence-electron chi connectivity index (χ4n) is 1.45. The summed E-state index contributed by atoms with van der Waals surface area (Å²) in [4.78, 5) is 0. The summed E-state index contributed by atoms with van der Waals surface area (Å²) >= 11 is 0. The molecule has 0 spiro atoms. The Morgan fingerprint density at radius 1 is 1.35 bits per heavy atom. The zero-order chi connectivity index (χ0) is 12.8. The van der Waals surface area contributed by atoms with E-state index in [1.807, 2.05) is 6.07 Å². The molecule has 1 rings (SSSR count). The van der Waals surface area contributed by atoms with Gasteiger partial charge in [-0.1, -0.05) is 26.8 Å². The molecular weight excluding hydrogens is 215 g/mol. The molecule has 0 aliphatic rings. The number of nitrogens with one attached hydrogen (secondary N) is 1. The van der Waals surface area contributed by atoms with Crippen LogP contribution in [0.1, 0.15) is 31.9 Å². The van der Waals surface area contributed by atoms with Crippen LogP contribution >= 0.6 is 0 Å². The van der Waals surface area contributed by atoms with Crippen LogP contribution in [0.15, 0.2) is 18.2 Å². The summed E-state index contributed by atoms with van der Waals surface area (Å²) in [6, 6.07) is 6.51. The Kier molecular flexibility index (Phi) is 5.11. The molecule has 92 valence electrons. The third-order valence-electron chi connectivity index (χ3n) is 3.08. The number of rotatable bonds is 5. The Bertz CT molecular complexity index is 407. The van der Waals surface area contributed by atoms with Crippen LogP contribution in [0, 0.1) is 29.0 Å². The summed E-state index contributed by atoms with van der Waals surface area (Å²) in [5.74, 6) is 0.795. The van der Waals surface area contributed by atoms with E-state index in [4.69, 9.17) is 5.26 Å². The number of benzene rings is 1. The van der Waals surface area contributed by atoms with Crippen molar-refractivity contribution in [2.24, 2.45) is 11.8 Å². The van der Waals surface area contributed by atoms with E-state index in [2.05, 4.69) is 26.1 Å². The summed E-state index contributed by atoms with van der Waals surface area (Å²) in [5, 5.41) is 12.0. The topological polar surface area (TPSA) is 35.8 Å². The Balaban J connectivity index is 2.51. The predicted octanol–water partition coefficient (Wildman–Crippen LogP) is 3.08. The van der Waals surface area contributed by atoms with Gasteiger partial charge < -0.3 is 5.32 Å². The first kappa shape index (κ1) is 13.7. The van der Waals surface area contributed by atoms with Crippen LogP contribution in [0.4, 0.5) is 4.39 Å². The van der Waals surface area contributed by atoms with Crippen molar-refractivity contribution in [1.82, 2.24) is 5.32 Å². The van der Waals surface area contributed by atoms with Gasteiger partial charge in [-0.05, 0) is 36.1 Å². The van der Waals surface area contributed by atoms with Gasteiger partial charge in [-0.3, -0.25) is 0 Å². The Morgan fingerprint density at radius 3 is 2.65 bits per heavy atom. The first-order valence-electron chi connectivity index (χ1n) is 5.93. The lowest BCUT2D eigenvalue weighted by Gasteiger charge is -2.16. The number of nitriles is 1. The highest BCUT2D eigenvalue weighted by Gasteiger charge is 2.07. The zero-order valence-electron chi connectivity index (χ0n) is 10.6. The second-order valence-electron chi connectivity index (χ2n) is 4.78. The van der Waals surface area contributed by atoms with E-state index in [0.29, 0.717) is 18.4 Å². The van der Waals surface area contributed by atoms with Crippen molar-refractivity contribution >= 4 is 0 Å². The molecule has 1 aromatic carbocycles. The molecule has 0 saturated heterocycles. The molecule has 1 N–H and O–H groups in total. The number of hydrogen-bond acceptors (Lipinski definition) is 2. The van der Waals surface area contributed by atoms with Crippen LogP contribution in [-0.2, 0) is 6.54 Å². The molecule has 17 heavy (non-hydrogen) atoms. The standard InChI is InChI=1S/C14H19FN2/c1-10(2)11(3)8-17-9-12-4-5-14(15)13(6-12)7-16/h4-6,10-11,17H,8-9H2,1-3H3. The van der Waals surface area contributed by atoms with Crippen molar-refractivity contribution in [3.05, 3.63) is 35.1 Å². The van der Waals surface area contributed by atoms with E-state index >= 15 is 0 Å². The SMILES string of the molecule is CC(C)C(C)CNCc1ccc(F)c(C#N)c1. The molecule has 1 unspecified atom stereocenters. The van der Waals surface area contributed by atoms with Crippen LogP contribution in [0.3, 0.4) is 0 Å². The number of nitrogens with zero attached hydrogens (tertiary/aromatic N) is 1. The summed E-state index contributed by atoms with van der Waals surface area (Å²) in [5.41, 5.74) is 1.06. The smallest absolute Gasteiger partial charge is 0.140 e. The molecule has 0 radical (unpaired) electrons. The van der Waals surface area contributed by atoms with E-state index in [9.17, 15) is 4.39 Å². The molecule has 0 aliphatic carbocycles. The fourth-order valence-corrected chi connectivity index (χ4v) is 1.45. The second kappa shape index (κ2) is 6.36. The normalized spacial score (nSPS) is 12.5. The van der Waals surface area contributed by atoms with Crippen molar-refractivity contribution in [2.75, 3.05) is 6.54 Å². The summed E-state index contributed by atoms with van der Waals surface area (Å²) in [6.07, 6.45) is 0. The largest absolute Gasteiger partial charge is 0.312 e. The maximum absolute atomic E-state index is 13.1. The van der Waals surface area contributed by atoms with Gasteiger partial charge in [0.25, 0.3) is 0 Å². The van der Waals surface area contributed by atoms with Gasteiger partial charge >= 0.3 is 0 Å². The van der Waals surface area contributed by atoms with Gasteiger partial charge in [0.05, 0.1) is 5.56 Å². The molecule has 0 heterocycles. The molecule has 1 aromatic rings. The molecule has 1 atom stereocenters. The van der Waals surface area contributed by atoms with Crippen LogP contribution < -0.4 is 5.32 Å². The van der Waals surface area contributed by atoms with Crippen LogP contribution in [0.2, 0.25) is 0 Å². The van der Waals surface area contributed by atoms with Gasteiger partial charge in [0.2, 0.25) is 0 Å². The van der Waals surface area contributed by atoms with E-state index < -0.39 is 5.82 Å². The van der Waals surface area contributed by atoms with E-state index in [-0.39, 0.29) is 5.56 Å². The van der Waals surface area contributed by atoms with Crippen molar-refractivity contribution in [2.45, 2.75) is 27.3 Å². The van der Waals surface area contributed by atoms with Crippen molar-refractivity contribution in [3.8, 4) is 6.07 Å². The lowest BCUT2D eigenvalue weighted by Crippen LogP contribution is -2.23. The minimum absolute atomic E-state index is 0.112. The Morgan fingerprint density at radius 2 is 2.06 bits per heavy atom. The summed E-state index contributed by atoms with van der Waals surface area (Å²) in [6.45, 7) is 8.18. The molecule has 0 saturated carbocycles. The highest BCUT2D eigenvalue weighted by atomic mass is 19.1. The van der Waals surface area contributed by atoms with Crippen molar-refractivity contribution in [1.29, 1.82) is 5.26 Å². The summed E-state index contributed by atoms with van der Waals surface area (Å²) in [7, 11) is 0.